The first kappa shape index (κ1) is 22.8. The zero-order valence-electron chi connectivity index (χ0n) is 18.4. The predicted octanol–water partition coefficient (Wildman–Crippen LogP) is 3.21. The van der Waals surface area contributed by atoms with E-state index in [1.54, 1.807) is 0 Å². The van der Waals surface area contributed by atoms with Crippen molar-refractivity contribution in [1.82, 2.24) is 15.5 Å². The number of hydrogen-bond donors (Lipinski definition) is 1. The number of benzene rings is 1. The van der Waals surface area contributed by atoms with E-state index in [0.717, 1.165) is 35.4 Å². The van der Waals surface area contributed by atoms with Crippen molar-refractivity contribution in [3.63, 3.8) is 0 Å². The molecule has 2 aliphatic rings. The molecule has 174 valence electrons. The van der Waals surface area contributed by atoms with E-state index in [1.807, 2.05) is 45.0 Å². The van der Waals surface area contributed by atoms with Crippen LogP contribution in [-0.4, -0.2) is 49.3 Å². The lowest BCUT2D eigenvalue weighted by molar-refractivity contribution is -0.153. The summed E-state index contributed by atoms with van der Waals surface area (Å²) in [4.78, 5) is 5.26. The minimum Gasteiger partial charge on any atom is -0.493 e. The highest BCUT2D eigenvalue weighted by Gasteiger charge is 2.35. The molecule has 1 atom stereocenters. The van der Waals surface area contributed by atoms with Gasteiger partial charge in [-0.15, -0.1) is 5.10 Å². The molecular weight excluding hydrogens is 422 g/mol. The van der Waals surface area contributed by atoms with Crippen LogP contribution in [0.15, 0.2) is 24.3 Å². The van der Waals surface area contributed by atoms with Crippen molar-refractivity contribution < 1.29 is 27.8 Å². The highest BCUT2D eigenvalue weighted by atomic mass is 19.3. The number of rotatable bonds is 8. The minimum atomic E-state index is -2.59. The Morgan fingerprint density at radius 2 is 1.91 bits per heavy atom. The molecule has 0 saturated carbocycles. The highest BCUT2D eigenvalue weighted by molar-refractivity contribution is 5.55. The first-order valence-corrected chi connectivity index (χ1v) is 10.7. The fraction of sp³-hybridized carbons (Fsp3) is 0.545. The Kier molecular flexibility index (Phi) is 6.85. The summed E-state index contributed by atoms with van der Waals surface area (Å²) >= 11 is 0. The van der Waals surface area contributed by atoms with Crippen LogP contribution in [0.1, 0.15) is 35.9 Å². The number of hydroxylamine groups is 1. The van der Waals surface area contributed by atoms with Crippen molar-refractivity contribution >= 4 is 5.69 Å². The van der Waals surface area contributed by atoms with Crippen LogP contribution >= 0.6 is 0 Å². The smallest absolute Gasteiger partial charge is 0.280 e. The molecule has 2 aliphatic heterocycles. The number of aryl methyl sites for hydroxylation is 3. The third-order valence-electron chi connectivity index (χ3n) is 5.49. The second-order valence-electron chi connectivity index (χ2n) is 8.01. The molecule has 0 amide bonds. The van der Waals surface area contributed by atoms with Crippen molar-refractivity contribution in [3.8, 4) is 5.75 Å². The molecule has 4 rings (SSSR count). The molecular formula is C22H28F2N4O4. The summed E-state index contributed by atoms with van der Waals surface area (Å²) in [5.74, 6) is -0.0249. The van der Waals surface area contributed by atoms with Gasteiger partial charge in [-0.2, -0.15) is 5.10 Å². The SMILES string of the molecule is Cc1cc(N2CNC(C(F)F)O2)cc(C)c1OCCCc1ccc(C2(C)OCCO2)nn1. The van der Waals surface area contributed by atoms with Crippen LogP contribution in [0.25, 0.3) is 0 Å². The number of nitrogens with zero attached hydrogens (tertiary/aromatic N) is 3. The number of halogens is 2. The molecule has 2 fully saturated rings. The lowest BCUT2D eigenvalue weighted by Gasteiger charge is -2.20. The zero-order valence-corrected chi connectivity index (χ0v) is 18.4. The first-order chi connectivity index (χ1) is 15.4. The average molecular weight is 450 g/mol. The van der Waals surface area contributed by atoms with Gasteiger partial charge in [-0.05, 0) is 69.0 Å². The van der Waals surface area contributed by atoms with Gasteiger partial charge < -0.3 is 14.2 Å². The van der Waals surface area contributed by atoms with Crippen LogP contribution < -0.4 is 15.1 Å². The minimum absolute atomic E-state index is 0.200. The normalized spacial score (nSPS) is 20.3. The Balaban J connectivity index is 1.29. The van der Waals surface area contributed by atoms with E-state index in [4.69, 9.17) is 19.0 Å². The van der Waals surface area contributed by atoms with Crippen LogP contribution in [0, 0.1) is 13.8 Å². The van der Waals surface area contributed by atoms with E-state index in [1.165, 1.54) is 5.06 Å². The summed E-state index contributed by atoms with van der Waals surface area (Å²) in [5, 5.41) is 12.6. The van der Waals surface area contributed by atoms with Gasteiger partial charge in [-0.1, -0.05) is 0 Å². The van der Waals surface area contributed by atoms with Gasteiger partial charge >= 0.3 is 0 Å². The first-order valence-electron chi connectivity index (χ1n) is 10.7. The van der Waals surface area contributed by atoms with Gasteiger partial charge in [-0.3, -0.25) is 5.32 Å². The van der Waals surface area contributed by atoms with Crippen LogP contribution in [0.4, 0.5) is 14.5 Å². The largest absolute Gasteiger partial charge is 0.493 e. The number of anilines is 1. The van der Waals surface area contributed by atoms with E-state index in [0.29, 0.717) is 31.2 Å². The van der Waals surface area contributed by atoms with E-state index >= 15 is 0 Å². The molecule has 1 aromatic carbocycles. The van der Waals surface area contributed by atoms with Gasteiger partial charge in [0.05, 0.1) is 37.9 Å². The van der Waals surface area contributed by atoms with Gasteiger partial charge in [-0.25, -0.2) is 18.7 Å². The lowest BCUT2D eigenvalue weighted by atomic mass is 10.1. The Morgan fingerprint density at radius 3 is 2.50 bits per heavy atom. The Bertz CT molecular complexity index is 900. The Morgan fingerprint density at radius 1 is 1.19 bits per heavy atom. The van der Waals surface area contributed by atoms with Crippen molar-refractivity contribution in [2.45, 2.75) is 52.1 Å². The summed E-state index contributed by atoms with van der Waals surface area (Å²) in [7, 11) is 0. The summed E-state index contributed by atoms with van der Waals surface area (Å²) in [5.41, 5.74) is 4.08. The fourth-order valence-electron chi connectivity index (χ4n) is 3.80. The molecule has 2 aromatic rings. The third-order valence-corrected chi connectivity index (χ3v) is 5.49. The number of aromatic nitrogens is 2. The van der Waals surface area contributed by atoms with E-state index in [9.17, 15) is 8.78 Å². The quantitative estimate of drug-likeness (QED) is 0.615. The number of hydrogen-bond acceptors (Lipinski definition) is 8. The van der Waals surface area contributed by atoms with E-state index < -0.39 is 18.4 Å². The summed E-state index contributed by atoms with van der Waals surface area (Å²) in [6, 6.07) is 7.56. The topological polar surface area (TPSA) is 78.0 Å². The van der Waals surface area contributed by atoms with Gasteiger partial charge in [0, 0.05) is 0 Å². The zero-order chi connectivity index (χ0) is 22.7. The van der Waals surface area contributed by atoms with Gasteiger partial charge in [0.15, 0.2) is 6.23 Å². The molecule has 0 bridgehead atoms. The van der Waals surface area contributed by atoms with Crippen molar-refractivity contribution in [3.05, 3.63) is 46.8 Å². The van der Waals surface area contributed by atoms with Crippen molar-refractivity contribution in [2.75, 3.05) is 31.6 Å². The molecule has 32 heavy (non-hydrogen) atoms. The molecule has 1 N–H and O–H groups in total. The second-order valence-corrected chi connectivity index (χ2v) is 8.01. The number of alkyl halides is 2. The maximum absolute atomic E-state index is 12.8. The fourth-order valence-corrected chi connectivity index (χ4v) is 3.80. The molecule has 1 aromatic heterocycles. The standard InChI is InChI=1S/C22H28F2N4O4/c1-14-11-17(28-13-25-21(32-28)20(23)24)12-15(2)19(14)29-8-4-5-16-6-7-18(27-26-16)22(3)30-9-10-31-22/h6-7,11-12,20-21,25H,4-5,8-10,13H2,1-3H3. The van der Waals surface area contributed by atoms with Crippen molar-refractivity contribution in [1.29, 1.82) is 0 Å². The average Bonchev–Trinajstić information content (AvgIpc) is 3.43. The Labute approximate surface area is 185 Å². The predicted molar refractivity (Wildman–Crippen MR) is 112 cm³/mol. The maximum atomic E-state index is 12.8. The van der Waals surface area contributed by atoms with Crippen LogP contribution in [0.2, 0.25) is 0 Å². The Hall–Kier alpha value is -2.40. The van der Waals surface area contributed by atoms with Crippen molar-refractivity contribution in [2.24, 2.45) is 0 Å². The molecule has 1 unspecified atom stereocenters. The van der Waals surface area contributed by atoms with Crippen LogP contribution in [-0.2, 0) is 26.5 Å². The molecule has 3 heterocycles. The maximum Gasteiger partial charge on any atom is 0.280 e. The van der Waals surface area contributed by atoms with Gasteiger partial charge in [0.2, 0.25) is 5.79 Å². The highest BCUT2D eigenvalue weighted by Crippen LogP contribution is 2.31. The van der Waals surface area contributed by atoms with E-state index in [2.05, 4.69) is 15.5 Å². The summed E-state index contributed by atoms with van der Waals surface area (Å²) in [6.07, 6.45) is -2.37. The monoisotopic (exact) mass is 450 g/mol. The summed E-state index contributed by atoms with van der Waals surface area (Å²) in [6.45, 7) is 7.52. The molecule has 10 heteroatoms. The second kappa shape index (κ2) is 9.62. The molecule has 2 saturated heterocycles. The van der Waals surface area contributed by atoms with Gasteiger partial charge in [0.25, 0.3) is 6.43 Å². The molecule has 0 aliphatic carbocycles. The van der Waals surface area contributed by atoms with E-state index in [-0.39, 0.29) is 6.67 Å². The third kappa shape index (κ3) is 4.98. The molecule has 0 spiro atoms. The van der Waals surface area contributed by atoms with Crippen LogP contribution in [0.5, 0.6) is 5.75 Å². The van der Waals surface area contributed by atoms with Crippen LogP contribution in [0.3, 0.4) is 0 Å². The van der Waals surface area contributed by atoms with Gasteiger partial charge in [0.1, 0.15) is 11.4 Å². The lowest BCUT2D eigenvalue weighted by Crippen LogP contribution is -2.29. The molecule has 0 radical (unpaired) electrons. The number of ether oxygens (including phenoxy) is 3. The number of nitrogens with one attached hydrogen (secondary N) is 1. The molecule has 8 nitrogen and oxygen atoms in total. The summed E-state index contributed by atoms with van der Waals surface area (Å²) < 4.78 is 42.8.